The number of hydrogen-bond acceptors (Lipinski definition) is 6. The van der Waals surface area contributed by atoms with Gasteiger partial charge in [-0.2, -0.15) is 0 Å². The van der Waals surface area contributed by atoms with Gasteiger partial charge in [-0.05, 0) is 55.7 Å². The molecular formula is C21H24N4O3S. The lowest BCUT2D eigenvalue weighted by Crippen LogP contribution is -2.36. The first-order valence-corrected chi connectivity index (χ1v) is 10.7. The second-order valence-corrected chi connectivity index (χ2v) is 7.87. The van der Waals surface area contributed by atoms with E-state index < -0.39 is 0 Å². The zero-order chi connectivity index (χ0) is 20.1. The molecule has 0 atom stereocenters. The molecular weight excluding hydrogens is 388 g/mol. The Bertz CT molecular complexity index is 932. The van der Waals surface area contributed by atoms with Gasteiger partial charge in [0, 0.05) is 18.7 Å². The zero-order valence-electron chi connectivity index (χ0n) is 16.4. The molecule has 0 unspecified atom stereocenters. The van der Waals surface area contributed by atoms with Crippen LogP contribution in [0.2, 0.25) is 0 Å². The van der Waals surface area contributed by atoms with Gasteiger partial charge in [0.25, 0.3) is 0 Å². The van der Waals surface area contributed by atoms with Crippen LogP contribution < -0.4 is 4.74 Å². The number of piperidine rings is 1. The first-order valence-electron chi connectivity index (χ1n) is 9.75. The van der Waals surface area contributed by atoms with Crippen molar-refractivity contribution in [3.8, 4) is 17.1 Å². The third-order valence-corrected chi connectivity index (χ3v) is 5.94. The van der Waals surface area contributed by atoms with Crippen molar-refractivity contribution in [2.24, 2.45) is 0 Å². The van der Waals surface area contributed by atoms with Gasteiger partial charge in [-0.3, -0.25) is 9.36 Å². The van der Waals surface area contributed by atoms with Gasteiger partial charge in [0.15, 0.2) is 11.0 Å². The summed E-state index contributed by atoms with van der Waals surface area (Å²) in [5.41, 5.74) is 0.930. The van der Waals surface area contributed by atoms with Gasteiger partial charge in [0.1, 0.15) is 11.5 Å². The van der Waals surface area contributed by atoms with Crippen LogP contribution in [-0.4, -0.2) is 51.5 Å². The number of furan rings is 1. The molecule has 8 heteroatoms. The fourth-order valence-corrected chi connectivity index (χ4v) is 4.25. The first-order chi connectivity index (χ1) is 14.2. The lowest BCUT2D eigenvalue weighted by molar-refractivity contribution is -0.129. The summed E-state index contributed by atoms with van der Waals surface area (Å²) in [6.07, 6.45) is 5.04. The molecule has 2 aromatic heterocycles. The van der Waals surface area contributed by atoms with E-state index >= 15 is 0 Å². The van der Waals surface area contributed by atoms with Gasteiger partial charge < -0.3 is 14.1 Å². The number of amides is 1. The molecule has 29 heavy (non-hydrogen) atoms. The summed E-state index contributed by atoms with van der Waals surface area (Å²) in [6.45, 7) is 2.22. The van der Waals surface area contributed by atoms with E-state index in [4.69, 9.17) is 9.15 Å². The molecule has 3 aromatic rings. The van der Waals surface area contributed by atoms with Crippen LogP contribution in [0, 0.1) is 0 Å². The molecule has 3 heterocycles. The maximum absolute atomic E-state index is 12.6. The molecule has 1 saturated heterocycles. The zero-order valence-corrected chi connectivity index (χ0v) is 17.2. The molecule has 0 bridgehead atoms. The van der Waals surface area contributed by atoms with E-state index in [0.717, 1.165) is 48.8 Å². The molecule has 1 aliphatic rings. The Labute approximate surface area is 174 Å². The van der Waals surface area contributed by atoms with E-state index in [-0.39, 0.29) is 5.91 Å². The number of carbonyl (C=O) groups excluding carboxylic acids is 1. The van der Waals surface area contributed by atoms with Crippen LogP contribution in [0.1, 0.15) is 25.0 Å². The summed E-state index contributed by atoms with van der Waals surface area (Å²) < 4.78 is 12.8. The van der Waals surface area contributed by atoms with Crippen molar-refractivity contribution < 1.29 is 13.9 Å². The van der Waals surface area contributed by atoms with Crippen LogP contribution in [-0.2, 0) is 11.3 Å². The van der Waals surface area contributed by atoms with Crippen LogP contribution in [0.15, 0.2) is 52.2 Å². The van der Waals surface area contributed by atoms with Crippen molar-refractivity contribution >= 4 is 17.7 Å². The largest absolute Gasteiger partial charge is 0.497 e. The van der Waals surface area contributed by atoms with E-state index in [9.17, 15) is 4.79 Å². The number of thioether (sulfide) groups is 1. The van der Waals surface area contributed by atoms with Crippen molar-refractivity contribution in [2.45, 2.75) is 31.0 Å². The van der Waals surface area contributed by atoms with E-state index in [1.165, 1.54) is 18.2 Å². The lowest BCUT2D eigenvalue weighted by atomic mass is 10.1. The maximum atomic E-state index is 12.6. The molecule has 1 aromatic carbocycles. The summed E-state index contributed by atoms with van der Waals surface area (Å²) in [6, 6.07) is 11.5. The standard InChI is InChI=1S/C21H24N4O3S/c1-27-17-9-7-16(8-10-17)20-22-23-21(25(20)14-18-6-5-13-28-18)29-15-19(26)24-11-3-2-4-12-24/h5-10,13H,2-4,11-12,14-15H2,1H3. The summed E-state index contributed by atoms with van der Waals surface area (Å²) in [4.78, 5) is 14.5. The minimum absolute atomic E-state index is 0.160. The second-order valence-electron chi connectivity index (χ2n) is 6.93. The molecule has 4 rings (SSSR count). The van der Waals surface area contributed by atoms with Gasteiger partial charge in [-0.25, -0.2) is 0 Å². The van der Waals surface area contributed by atoms with E-state index in [1.54, 1.807) is 13.4 Å². The highest BCUT2D eigenvalue weighted by Crippen LogP contribution is 2.27. The van der Waals surface area contributed by atoms with Gasteiger partial charge in [0.2, 0.25) is 5.91 Å². The molecule has 152 valence electrons. The monoisotopic (exact) mass is 412 g/mol. The topological polar surface area (TPSA) is 73.4 Å². The number of methoxy groups -OCH3 is 1. The number of nitrogens with zero attached hydrogens (tertiary/aromatic N) is 4. The van der Waals surface area contributed by atoms with Crippen LogP contribution in [0.4, 0.5) is 0 Å². The average molecular weight is 413 g/mol. The third-order valence-electron chi connectivity index (χ3n) is 4.99. The van der Waals surface area contributed by atoms with Crippen molar-refractivity contribution in [1.29, 1.82) is 0 Å². The number of hydrogen-bond donors (Lipinski definition) is 0. The number of carbonyl (C=O) groups is 1. The van der Waals surface area contributed by atoms with Crippen LogP contribution in [0.5, 0.6) is 5.75 Å². The molecule has 1 aliphatic heterocycles. The molecule has 1 fully saturated rings. The summed E-state index contributed by atoms with van der Waals surface area (Å²) in [7, 11) is 1.64. The summed E-state index contributed by atoms with van der Waals surface area (Å²) in [5, 5.41) is 9.47. The number of rotatable bonds is 7. The lowest BCUT2D eigenvalue weighted by Gasteiger charge is -2.26. The SMILES string of the molecule is COc1ccc(-c2nnc(SCC(=O)N3CCCCC3)n2Cc2ccco2)cc1. The molecule has 0 aliphatic carbocycles. The highest BCUT2D eigenvalue weighted by molar-refractivity contribution is 7.99. The van der Waals surface area contributed by atoms with Crippen LogP contribution in [0.25, 0.3) is 11.4 Å². The molecule has 1 amide bonds. The second kappa shape index (κ2) is 9.17. The molecule has 0 radical (unpaired) electrons. The Kier molecular flexibility index (Phi) is 6.19. The normalized spacial score (nSPS) is 14.2. The number of benzene rings is 1. The Balaban J connectivity index is 1.55. The van der Waals surface area contributed by atoms with Crippen molar-refractivity contribution in [3.05, 3.63) is 48.4 Å². The Morgan fingerprint density at radius 1 is 1.14 bits per heavy atom. The van der Waals surface area contributed by atoms with Gasteiger partial charge >= 0.3 is 0 Å². The smallest absolute Gasteiger partial charge is 0.233 e. The fraction of sp³-hybridized carbons (Fsp3) is 0.381. The van der Waals surface area contributed by atoms with E-state index in [0.29, 0.717) is 17.5 Å². The molecule has 0 spiro atoms. The van der Waals surface area contributed by atoms with E-state index in [1.807, 2.05) is 45.9 Å². The predicted octanol–water partition coefficient (Wildman–Crippen LogP) is 3.70. The first kappa shape index (κ1) is 19.6. The molecule has 7 nitrogen and oxygen atoms in total. The van der Waals surface area contributed by atoms with Gasteiger partial charge in [-0.15, -0.1) is 10.2 Å². The predicted molar refractivity (Wildman–Crippen MR) is 111 cm³/mol. The van der Waals surface area contributed by atoms with Gasteiger partial charge in [0.05, 0.1) is 25.7 Å². The van der Waals surface area contributed by atoms with Crippen LogP contribution in [0.3, 0.4) is 0 Å². The fourth-order valence-electron chi connectivity index (χ4n) is 3.41. The third kappa shape index (κ3) is 4.64. The van der Waals surface area contributed by atoms with Crippen molar-refractivity contribution in [2.75, 3.05) is 26.0 Å². The summed E-state index contributed by atoms with van der Waals surface area (Å²) >= 11 is 1.43. The molecule has 0 saturated carbocycles. The average Bonchev–Trinajstić information content (AvgIpc) is 3.43. The van der Waals surface area contributed by atoms with Crippen molar-refractivity contribution in [3.63, 3.8) is 0 Å². The Morgan fingerprint density at radius 3 is 2.62 bits per heavy atom. The minimum Gasteiger partial charge on any atom is -0.497 e. The Morgan fingerprint density at radius 2 is 1.93 bits per heavy atom. The van der Waals surface area contributed by atoms with E-state index in [2.05, 4.69) is 10.2 Å². The number of likely N-dealkylation sites (tertiary alicyclic amines) is 1. The quantitative estimate of drug-likeness (QED) is 0.551. The van der Waals surface area contributed by atoms with Gasteiger partial charge in [-0.1, -0.05) is 11.8 Å². The minimum atomic E-state index is 0.160. The van der Waals surface area contributed by atoms with Crippen molar-refractivity contribution in [1.82, 2.24) is 19.7 Å². The highest BCUT2D eigenvalue weighted by Gasteiger charge is 2.20. The van der Waals surface area contributed by atoms with Crippen LogP contribution >= 0.6 is 11.8 Å². The number of ether oxygens (including phenoxy) is 1. The Hall–Kier alpha value is -2.74. The number of aromatic nitrogens is 3. The maximum Gasteiger partial charge on any atom is 0.233 e. The highest BCUT2D eigenvalue weighted by atomic mass is 32.2. The summed E-state index contributed by atoms with van der Waals surface area (Å²) in [5.74, 6) is 2.85. The molecule has 0 N–H and O–H groups in total.